The highest BCUT2D eigenvalue weighted by Gasteiger charge is 2.37. The molecule has 42 heavy (non-hydrogen) atoms. The molecule has 0 bridgehead atoms. The van der Waals surface area contributed by atoms with E-state index in [1.165, 1.54) is 11.9 Å². The van der Waals surface area contributed by atoms with Crippen LogP contribution < -0.4 is 21.7 Å². The second-order valence-electron chi connectivity index (χ2n) is 11.0. The second kappa shape index (κ2) is 16.2. The van der Waals surface area contributed by atoms with Gasteiger partial charge >= 0.3 is 5.97 Å². The minimum atomic E-state index is -1.52. The van der Waals surface area contributed by atoms with E-state index in [1.54, 1.807) is 44.2 Å². The van der Waals surface area contributed by atoms with Crippen molar-refractivity contribution in [2.75, 3.05) is 13.6 Å². The van der Waals surface area contributed by atoms with Crippen LogP contribution in [-0.4, -0.2) is 82.9 Å². The maximum atomic E-state index is 13.9. The van der Waals surface area contributed by atoms with E-state index in [-0.39, 0.29) is 36.8 Å². The van der Waals surface area contributed by atoms with Crippen molar-refractivity contribution in [2.45, 2.75) is 76.9 Å². The zero-order valence-electron chi connectivity index (χ0n) is 24.4. The van der Waals surface area contributed by atoms with Gasteiger partial charge < -0.3 is 31.7 Å². The number of amides is 4. The van der Waals surface area contributed by atoms with Gasteiger partial charge in [0, 0.05) is 32.2 Å². The van der Waals surface area contributed by atoms with Crippen LogP contribution in [0.1, 0.15) is 57.9 Å². The molecule has 1 saturated heterocycles. The van der Waals surface area contributed by atoms with Crippen LogP contribution in [0.5, 0.6) is 0 Å². The molecule has 230 valence electrons. The summed E-state index contributed by atoms with van der Waals surface area (Å²) in [6, 6.07) is 5.27. The molecule has 0 aromatic heterocycles. The number of nitrogens with two attached hydrogens (primary N) is 1. The van der Waals surface area contributed by atoms with E-state index in [0.717, 1.165) is 0 Å². The van der Waals surface area contributed by atoms with E-state index in [1.807, 2.05) is 0 Å². The van der Waals surface area contributed by atoms with Gasteiger partial charge in [-0.1, -0.05) is 50.6 Å². The fourth-order valence-corrected chi connectivity index (χ4v) is 5.08. The van der Waals surface area contributed by atoms with E-state index < -0.39 is 66.6 Å². The van der Waals surface area contributed by atoms with Crippen LogP contribution in [0.15, 0.2) is 30.3 Å². The Bertz CT molecular complexity index is 1160. The number of carboxylic acid groups (broad SMARTS) is 1. The highest BCUT2D eigenvalue weighted by Crippen LogP contribution is 2.21. The number of hydrogen-bond acceptors (Lipinski definition) is 7. The number of Topliss-reactive ketones (excluding diaryl/α,β-unsaturated/α-hetero) is 1. The Morgan fingerprint density at radius 1 is 1.05 bits per heavy atom. The lowest BCUT2D eigenvalue weighted by atomic mass is 9.88. The van der Waals surface area contributed by atoms with Crippen molar-refractivity contribution in [1.82, 2.24) is 20.9 Å². The van der Waals surface area contributed by atoms with Gasteiger partial charge in [-0.25, -0.2) is 0 Å². The molecule has 1 heterocycles. The summed E-state index contributed by atoms with van der Waals surface area (Å²) in [6.45, 7) is 3.01. The Labute approximate surface area is 245 Å². The van der Waals surface area contributed by atoms with Gasteiger partial charge in [0.15, 0.2) is 5.78 Å². The summed E-state index contributed by atoms with van der Waals surface area (Å²) >= 11 is 0. The van der Waals surface area contributed by atoms with Crippen molar-refractivity contribution in [3.8, 4) is 0 Å². The Hall–Kier alpha value is -4.29. The molecule has 13 nitrogen and oxygen atoms in total. The maximum absolute atomic E-state index is 13.9. The van der Waals surface area contributed by atoms with Gasteiger partial charge in [-0.15, -0.1) is 0 Å². The smallest absolute Gasteiger partial charge is 0.305 e. The van der Waals surface area contributed by atoms with Gasteiger partial charge in [-0.2, -0.15) is 0 Å². The van der Waals surface area contributed by atoms with E-state index in [4.69, 9.17) is 11.1 Å². The van der Waals surface area contributed by atoms with E-state index in [0.29, 0.717) is 24.8 Å². The third kappa shape index (κ3) is 10.6. The van der Waals surface area contributed by atoms with Crippen molar-refractivity contribution >= 4 is 41.2 Å². The Kier molecular flexibility index (Phi) is 13.1. The topological polar surface area (TPSA) is 212 Å². The van der Waals surface area contributed by atoms with Crippen molar-refractivity contribution in [1.29, 1.82) is 5.41 Å². The molecule has 0 unspecified atom stereocenters. The Balaban J connectivity index is 2.48. The Morgan fingerprint density at radius 3 is 2.31 bits per heavy atom. The zero-order valence-corrected chi connectivity index (χ0v) is 24.4. The monoisotopic (exact) mass is 586 g/mol. The molecular formula is C29H42N6O7. The second-order valence-corrected chi connectivity index (χ2v) is 11.0. The molecule has 0 saturated carbocycles. The molecule has 1 fully saturated rings. The molecule has 1 aromatic rings. The van der Waals surface area contributed by atoms with Crippen LogP contribution in [0.2, 0.25) is 0 Å². The van der Waals surface area contributed by atoms with Crippen LogP contribution in [0.25, 0.3) is 0 Å². The van der Waals surface area contributed by atoms with Crippen molar-refractivity contribution in [3.05, 3.63) is 35.9 Å². The summed E-state index contributed by atoms with van der Waals surface area (Å²) in [7, 11) is 1.46. The normalized spacial score (nSPS) is 23.0. The fourth-order valence-electron chi connectivity index (χ4n) is 5.08. The zero-order chi connectivity index (χ0) is 31.4. The first-order valence-corrected chi connectivity index (χ1v) is 14.1. The molecule has 0 radical (unpaired) electrons. The summed E-state index contributed by atoms with van der Waals surface area (Å²) in [5, 5.41) is 24.2. The van der Waals surface area contributed by atoms with Crippen LogP contribution in [0.4, 0.5) is 0 Å². The molecule has 2 rings (SSSR count). The number of carboxylic acids is 1. The summed E-state index contributed by atoms with van der Waals surface area (Å²) in [6.07, 6.45) is 0.771. The van der Waals surface area contributed by atoms with Gasteiger partial charge in [0.25, 0.3) is 0 Å². The molecule has 4 amide bonds. The SMILES string of the molecule is CC(C)[C@H]1C(=O)C[C@@H](CCCCC(=N)N)C(=O)NCC(=O)N[C@@H](CC(=O)O)C(=O)N[C@H](Cc2ccccc2)C(=O)N1C. The van der Waals surface area contributed by atoms with Crippen LogP contribution in [-0.2, 0) is 35.2 Å². The van der Waals surface area contributed by atoms with Gasteiger partial charge in [0.2, 0.25) is 23.6 Å². The van der Waals surface area contributed by atoms with Crippen LogP contribution >= 0.6 is 0 Å². The van der Waals surface area contributed by atoms with Gasteiger partial charge in [0.1, 0.15) is 12.1 Å². The molecule has 7 N–H and O–H groups in total. The number of unbranched alkanes of at least 4 members (excludes halogenated alkanes) is 1. The lowest BCUT2D eigenvalue weighted by molar-refractivity contribution is -0.144. The number of benzene rings is 1. The largest absolute Gasteiger partial charge is 0.481 e. The van der Waals surface area contributed by atoms with Gasteiger partial charge in [-0.3, -0.25) is 34.2 Å². The summed E-state index contributed by atoms with van der Waals surface area (Å²) in [5.41, 5.74) is 6.14. The number of amidine groups is 1. The fraction of sp³-hybridized carbons (Fsp3) is 0.552. The average Bonchev–Trinajstić information content (AvgIpc) is 2.91. The lowest BCUT2D eigenvalue weighted by Crippen LogP contribution is -2.58. The highest BCUT2D eigenvalue weighted by molar-refractivity contribution is 5.98. The highest BCUT2D eigenvalue weighted by atomic mass is 16.4. The third-order valence-electron chi connectivity index (χ3n) is 7.14. The first-order valence-electron chi connectivity index (χ1n) is 14.1. The average molecular weight is 587 g/mol. The quantitative estimate of drug-likeness (QED) is 0.128. The van der Waals surface area contributed by atoms with Crippen molar-refractivity contribution in [3.63, 3.8) is 0 Å². The number of ketones is 1. The molecule has 4 atom stereocenters. The summed E-state index contributed by atoms with van der Waals surface area (Å²) in [4.78, 5) is 79.3. The number of hydrogen-bond donors (Lipinski definition) is 6. The Morgan fingerprint density at radius 2 is 1.71 bits per heavy atom. The van der Waals surface area contributed by atoms with E-state index in [2.05, 4.69) is 16.0 Å². The number of carbonyl (C=O) groups excluding carboxylic acids is 5. The first kappa shape index (κ1) is 33.9. The molecule has 1 aromatic carbocycles. The third-order valence-corrected chi connectivity index (χ3v) is 7.14. The molecule has 1 aliphatic rings. The molecular weight excluding hydrogens is 544 g/mol. The number of aliphatic carboxylic acids is 1. The predicted molar refractivity (Wildman–Crippen MR) is 154 cm³/mol. The molecule has 0 spiro atoms. The summed E-state index contributed by atoms with van der Waals surface area (Å²) < 4.78 is 0. The van der Waals surface area contributed by atoms with Crippen LogP contribution in [0.3, 0.4) is 0 Å². The number of nitrogens with zero attached hydrogens (tertiary/aromatic N) is 1. The van der Waals surface area contributed by atoms with Gasteiger partial charge in [0.05, 0.1) is 24.8 Å². The predicted octanol–water partition coefficient (Wildman–Crippen LogP) is 0.358. The summed E-state index contributed by atoms with van der Waals surface area (Å²) in [5.74, 6) is -5.66. The minimum Gasteiger partial charge on any atom is -0.481 e. The first-order chi connectivity index (χ1) is 19.8. The van der Waals surface area contributed by atoms with Crippen molar-refractivity contribution in [2.24, 2.45) is 17.6 Å². The van der Waals surface area contributed by atoms with E-state index in [9.17, 15) is 33.9 Å². The van der Waals surface area contributed by atoms with Gasteiger partial charge in [-0.05, 0) is 24.3 Å². The number of likely N-dealkylation sites (N-methyl/N-ethyl adjacent to an activating group) is 1. The number of nitrogens with one attached hydrogen (secondary N) is 4. The molecule has 13 heteroatoms. The number of rotatable bonds is 10. The van der Waals surface area contributed by atoms with Crippen LogP contribution in [0, 0.1) is 17.2 Å². The maximum Gasteiger partial charge on any atom is 0.305 e. The molecule has 0 aliphatic carbocycles. The number of carbonyl (C=O) groups is 6. The minimum absolute atomic E-state index is 0.0124. The lowest BCUT2D eigenvalue weighted by Gasteiger charge is -2.34. The van der Waals surface area contributed by atoms with E-state index >= 15 is 0 Å². The molecule has 1 aliphatic heterocycles. The standard InChI is InChI=1S/C29H42N6O7/c1-17(2)26-22(36)14-19(11-7-8-12-23(30)31)27(40)32-16-24(37)33-20(15-25(38)39)28(41)34-21(29(42)35(26)3)13-18-9-5-4-6-10-18/h4-6,9-10,17,19-21,26H,7-8,11-16H2,1-3H3,(H3,30,31)(H,32,40)(H,33,37)(H,34,41)(H,38,39)/t19-,20+,21-,26+/m1/s1. The van der Waals surface area contributed by atoms with Crippen molar-refractivity contribution < 1.29 is 33.9 Å².